The van der Waals surface area contributed by atoms with Crippen LogP contribution in [-0.4, -0.2) is 9.97 Å². The molecule has 0 spiro atoms. The van der Waals surface area contributed by atoms with Gasteiger partial charge in [-0.05, 0) is 50.7 Å². The monoisotopic (exact) mass is 490 g/mol. The van der Waals surface area contributed by atoms with Crippen molar-refractivity contribution in [2.24, 2.45) is 0 Å². The zero-order chi connectivity index (χ0) is 24.6. The molecule has 7 aromatic rings. The molecule has 0 radical (unpaired) electrons. The van der Waals surface area contributed by atoms with E-state index in [2.05, 4.69) is 120 Å². The predicted molar refractivity (Wildman–Crippen MR) is 157 cm³/mol. The largest absolute Gasteiger partial charge is 0.264 e. The third-order valence-corrected chi connectivity index (χ3v) is 7.91. The van der Waals surface area contributed by atoms with Crippen LogP contribution < -0.4 is 0 Å². The molecule has 0 saturated heterocycles. The summed E-state index contributed by atoms with van der Waals surface area (Å²) in [5.41, 5.74) is 9.28. The lowest BCUT2D eigenvalue weighted by Gasteiger charge is -2.09. The molecule has 3 heteroatoms. The molecule has 0 amide bonds. The Labute approximate surface area is 219 Å². The lowest BCUT2D eigenvalue weighted by atomic mass is 9.96. The molecule has 0 unspecified atom stereocenters. The molecular formula is C34H22N2S. The summed E-state index contributed by atoms with van der Waals surface area (Å²) < 4.78 is 1.20. The maximum Gasteiger partial charge on any atom is 0.124 e. The van der Waals surface area contributed by atoms with Crippen molar-refractivity contribution >= 4 is 32.3 Å². The molecule has 0 N–H and O–H groups in total. The lowest BCUT2D eigenvalue weighted by molar-refractivity contribution is 1.33. The SMILES string of the molecule is c1cncc(-c2ccc(-c3nc4c(-c5ccc(-c6cccc7ccccc67)cc5)cccc4s3)cc2)c1. The number of hydrogen-bond donors (Lipinski definition) is 0. The molecule has 0 fully saturated rings. The third-order valence-electron chi connectivity index (χ3n) is 6.84. The second-order valence-corrected chi connectivity index (χ2v) is 10.1. The number of fused-ring (bicyclic) bond motifs is 2. The first kappa shape index (κ1) is 21.7. The number of thiazole rings is 1. The number of hydrogen-bond acceptors (Lipinski definition) is 3. The summed E-state index contributed by atoms with van der Waals surface area (Å²) >= 11 is 1.74. The molecule has 0 atom stereocenters. The van der Waals surface area contributed by atoms with Gasteiger partial charge in [-0.1, -0.05) is 109 Å². The first-order valence-electron chi connectivity index (χ1n) is 12.3. The van der Waals surface area contributed by atoms with E-state index in [4.69, 9.17) is 4.98 Å². The van der Waals surface area contributed by atoms with E-state index in [-0.39, 0.29) is 0 Å². The highest BCUT2D eigenvalue weighted by atomic mass is 32.1. The summed E-state index contributed by atoms with van der Waals surface area (Å²) in [7, 11) is 0. The molecule has 7 rings (SSSR count). The summed E-state index contributed by atoms with van der Waals surface area (Å²) in [6.07, 6.45) is 3.69. The van der Waals surface area contributed by atoms with E-state index in [0.29, 0.717) is 0 Å². The minimum atomic E-state index is 1.03. The van der Waals surface area contributed by atoms with Crippen LogP contribution in [0.25, 0.3) is 64.9 Å². The number of pyridine rings is 1. The van der Waals surface area contributed by atoms with E-state index in [0.717, 1.165) is 32.8 Å². The van der Waals surface area contributed by atoms with Crippen LogP contribution in [0.1, 0.15) is 0 Å². The van der Waals surface area contributed by atoms with E-state index in [1.807, 2.05) is 12.3 Å². The third kappa shape index (κ3) is 4.00. The fraction of sp³-hybridized carbons (Fsp3) is 0. The lowest BCUT2D eigenvalue weighted by Crippen LogP contribution is -1.84. The van der Waals surface area contributed by atoms with Crippen LogP contribution in [0, 0.1) is 0 Å². The Hall–Kier alpha value is -4.60. The fourth-order valence-electron chi connectivity index (χ4n) is 4.95. The topological polar surface area (TPSA) is 25.8 Å². The van der Waals surface area contributed by atoms with Crippen LogP contribution in [0.15, 0.2) is 134 Å². The number of para-hydroxylation sites is 1. The first-order chi connectivity index (χ1) is 18.3. The van der Waals surface area contributed by atoms with Crippen LogP contribution in [-0.2, 0) is 0 Å². The van der Waals surface area contributed by atoms with Crippen molar-refractivity contribution in [2.45, 2.75) is 0 Å². The maximum absolute atomic E-state index is 5.09. The van der Waals surface area contributed by atoms with Crippen LogP contribution in [0.3, 0.4) is 0 Å². The Kier molecular flexibility index (Phi) is 5.34. The molecule has 2 nitrogen and oxygen atoms in total. The van der Waals surface area contributed by atoms with Gasteiger partial charge >= 0.3 is 0 Å². The Morgan fingerprint density at radius 3 is 1.97 bits per heavy atom. The molecule has 2 aromatic heterocycles. The minimum Gasteiger partial charge on any atom is -0.264 e. The van der Waals surface area contributed by atoms with Crippen molar-refractivity contribution in [1.82, 2.24) is 9.97 Å². The molecule has 5 aromatic carbocycles. The average molecular weight is 491 g/mol. The molecule has 0 bridgehead atoms. The van der Waals surface area contributed by atoms with Gasteiger partial charge in [0.05, 0.1) is 10.2 Å². The van der Waals surface area contributed by atoms with Gasteiger partial charge < -0.3 is 0 Å². The van der Waals surface area contributed by atoms with Gasteiger partial charge in [0, 0.05) is 23.5 Å². The molecule has 0 aliphatic rings. The van der Waals surface area contributed by atoms with Crippen LogP contribution >= 0.6 is 11.3 Å². The van der Waals surface area contributed by atoms with Crippen molar-refractivity contribution in [2.75, 3.05) is 0 Å². The van der Waals surface area contributed by atoms with Crippen molar-refractivity contribution in [1.29, 1.82) is 0 Å². The molecule has 37 heavy (non-hydrogen) atoms. The molecular weight excluding hydrogens is 468 g/mol. The van der Waals surface area contributed by atoms with Gasteiger partial charge in [-0.3, -0.25) is 4.98 Å². The Balaban J connectivity index is 1.24. The second-order valence-electron chi connectivity index (χ2n) is 9.09. The Morgan fingerprint density at radius 2 is 1.16 bits per heavy atom. The number of rotatable bonds is 4. The van der Waals surface area contributed by atoms with Crippen molar-refractivity contribution in [3.05, 3.63) is 134 Å². The fourth-order valence-corrected chi connectivity index (χ4v) is 5.95. The molecule has 174 valence electrons. The normalized spacial score (nSPS) is 11.2. The number of nitrogens with zero attached hydrogens (tertiary/aromatic N) is 2. The molecule has 2 heterocycles. The van der Waals surface area contributed by atoms with Gasteiger partial charge in [0.2, 0.25) is 0 Å². The van der Waals surface area contributed by atoms with Crippen LogP contribution in [0.5, 0.6) is 0 Å². The van der Waals surface area contributed by atoms with Crippen molar-refractivity contribution in [3.8, 4) is 44.0 Å². The number of aromatic nitrogens is 2. The predicted octanol–water partition coefficient (Wildman–Crippen LogP) is 9.51. The number of benzene rings is 5. The van der Waals surface area contributed by atoms with Gasteiger partial charge in [0.15, 0.2) is 0 Å². The summed E-state index contributed by atoms with van der Waals surface area (Å²) in [5.74, 6) is 0. The zero-order valence-corrected chi connectivity index (χ0v) is 20.8. The van der Waals surface area contributed by atoms with Crippen LogP contribution in [0.4, 0.5) is 0 Å². The van der Waals surface area contributed by atoms with E-state index in [1.54, 1.807) is 17.5 Å². The highest BCUT2D eigenvalue weighted by molar-refractivity contribution is 7.21. The van der Waals surface area contributed by atoms with E-state index < -0.39 is 0 Å². The highest BCUT2D eigenvalue weighted by Crippen LogP contribution is 2.37. The van der Waals surface area contributed by atoms with Gasteiger partial charge in [-0.25, -0.2) is 4.98 Å². The highest BCUT2D eigenvalue weighted by Gasteiger charge is 2.12. The average Bonchev–Trinajstić information content (AvgIpc) is 3.42. The quantitative estimate of drug-likeness (QED) is 0.245. The summed E-state index contributed by atoms with van der Waals surface area (Å²) in [6.45, 7) is 0. The molecule has 0 aliphatic heterocycles. The first-order valence-corrected chi connectivity index (χ1v) is 13.1. The second kappa shape index (κ2) is 9.12. The zero-order valence-electron chi connectivity index (χ0n) is 20.0. The smallest absolute Gasteiger partial charge is 0.124 e. The van der Waals surface area contributed by atoms with Gasteiger partial charge in [-0.2, -0.15) is 0 Å². The van der Waals surface area contributed by atoms with Gasteiger partial charge in [-0.15, -0.1) is 11.3 Å². The molecule has 0 aliphatic carbocycles. The standard InChI is InChI=1S/C34H22N2S/c1-2-9-29-24(6-1)7-3-10-30(29)25-15-17-26(18-16-25)31-11-4-12-32-33(31)36-34(37-32)27-19-13-23(14-20-27)28-8-5-21-35-22-28/h1-22H. The van der Waals surface area contributed by atoms with Gasteiger partial charge in [0.25, 0.3) is 0 Å². The summed E-state index contributed by atoms with van der Waals surface area (Å²) in [4.78, 5) is 9.32. The van der Waals surface area contributed by atoms with Crippen LogP contribution in [0.2, 0.25) is 0 Å². The van der Waals surface area contributed by atoms with Crippen molar-refractivity contribution < 1.29 is 0 Å². The Bertz CT molecular complexity index is 1850. The van der Waals surface area contributed by atoms with Gasteiger partial charge in [0.1, 0.15) is 5.01 Å². The minimum absolute atomic E-state index is 1.03. The van der Waals surface area contributed by atoms with Crippen molar-refractivity contribution in [3.63, 3.8) is 0 Å². The maximum atomic E-state index is 5.09. The van der Waals surface area contributed by atoms with E-state index in [9.17, 15) is 0 Å². The van der Waals surface area contributed by atoms with E-state index in [1.165, 1.54) is 32.2 Å². The summed E-state index contributed by atoms with van der Waals surface area (Å²) in [6, 6.07) is 43.0. The van der Waals surface area contributed by atoms with E-state index >= 15 is 0 Å². The molecule has 0 saturated carbocycles. The Morgan fingerprint density at radius 1 is 0.486 bits per heavy atom. The summed E-state index contributed by atoms with van der Waals surface area (Å²) in [5, 5.41) is 3.57.